The van der Waals surface area contributed by atoms with Gasteiger partial charge >= 0.3 is 0 Å². The third-order valence-electron chi connectivity index (χ3n) is 4.20. The Balaban J connectivity index is 2.03. The van der Waals surface area contributed by atoms with Gasteiger partial charge in [0.2, 0.25) is 0 Å². The number of hydrogen-bond acceptors (Lipinski definition) is 4. The molecule has 0 aliphatic heterocycles. The molecular weight excluding hydrogens is 267 g/mol. The molecule has 0 saturated heterocycles. The van der Waals surface area contributed by atoms with Gasteiger partial charge in [-0.05, 0) is 54.7 Å². The standard InChI is InChI=1S/C16H19FN4/c17-11-6-7-14(18)13(9-11)16(21-19)12-5-1-3-10-4-2-8-20-15(10)12/h2,4,6-9,12,16,21H,1,3,5,18-19H2. The van der Waals surface area contributed by atoms with Crippen LogP contribution in [0.1, 0.15) is 41.6 Å². The van der Waals surface area contributed by atoms with Crippen molar-refractivity contribution in [3.05, 3.63) is 59.2 Å². The van der Waals surface area contributed by atoms with Gasteiger partial charge in [0.15, 0.2) is 0 Å². The second kappa shape index (κ2) is 5.79. The van der Waals surface area contributed by atoms with Crippen LogP contribution < -0.4 is 17.0 Å². The van der Waals surface area contributed by atoms with Crippen LogP contribution in [-0.2, 0) is 6.42 Å². The number of nitrogens with zero attached hydrogens (tertiary/aromatic N) is 1. The topological polar surface area (TPSA) is 77.0 Å². The minimum absolute atomic E-state index is 0.101. The zero-order chi connectivity index (χ0) is 14.8. The van der Waals surface area contributed by atoms with Crippen molar-refractivity contribution in [1.82, 2.24) is 10.4 Å². The number of anilines is 1. The second-order valence-corrected chi connectivity index (χ2v) is 5.46. The van der Waals surface area contributed by atoms with Crippen LogP contribution in [0.25, 0.3) is 0 Å². The highest BCUT2D eigenvalue weighted by Crippen LogP contribution is 2.40. The molecule has 2 aromatic rings. The third-order valence-corrected chi connectivity index (χ3v) is 4.20. The number of aromatic nitrogens is 1. The van der Waals surface area contributed by atoms with Crippen LogP contribution in [0.15, 0.2) is 36.5 Å². The summed E-state index contributed by atoms with van der Waals surface area (Å²) in [4.78, 5) is 4.52. The maximum absolute atomic E-state index is 13.6. The molecule has 110 valence electrons. The summed E-state index contributed by atoms with van der Waals surface area (Å²) in [6, 6.07) is 8.20. The van der Waals surface area contributed by atoms with E-state index in [1.165, 1.54) is 17.7 Å². The number of benzene rings is 1. The lowest BCUT2D eigenvalue weighted by Crippen LogP contribution is -2.35. The molecule has 2 atom stereocenters. The lowest BCUT2D eigenvalue weighted by molar-refractivity contribution is 0.399. The van der Waals surface area contributed by atoms with Gasteiger partial charge in [0.1, 0.15) is 5.82 Å². The summed E-state index contributed by atoms with van der Waals surface area (Å²) in [6.45, 7) is 0. The SMILES string of the molecule is NNC(c1cc(F)ccc1N)C1CCCc2cccnc21. The van der Waals surface area contributed by atoms with Crippen LogP contribution in [0.3, 0.4) is 0 Å². The molecule has 0 bridgehead atoms. The molecule has 5 N–H and O–H groups in total. The summed E-state index contributed by atoms with van der Waals surface area (Å²) in [7, 11) is 0. The second-order valence-electron chi connectivity index (χ2n) is 5.46. The van der Waals surface area contributed by atoms with Crippen LogP contribution in [0.5, 0.6) is 0 Å². The summed E-state index contributed by atoms with van der Waals surface area (Å²) in [5, 5.41) is 0. The smallest absolute Gasteiger partial charge is 0.123 e. The number of hydrazine groups is 1. The van der Waals surface area contributed by atoms with Crippen molar-refractivity contribution >= 4 is 5.69 Å². The average Bonchev–Trinajstić information content (AvgIpc) is 2.51. The Morgan fingerprint density at radius 3 is 3.00 bits per heavy atom. The van der Waals surface area contributed by atoms with E-state index >= 15 is 0 Å². The molecule has 0 saturated carbocycles. The van der Waals surface area contributed by atoms with E-state index in [4.69, 9.17) is 11.6 Å². The number of nitrogen functional groups attached to an aromatic ring is 1. The van der Waals surface area contributed by atoms with E-state index in [0.29, 0.717) is 11.3 Å². The van der Waals surface area contributed by atoms with Gasteiger partial charge in [0, 0.05) is 23.5 Å². The van der Waals surface area contributed by atoms with E-state index < -0.39 is 0 Å². The van der Waals surface area contributed by atoms with E-state index in [2.05, 4.69) is 16.5 Å². The number of hydrogen-bond donors (Lipinski definition) is 3. The normalized spacial score (nSPS) is 19.0. The largest absolute Gasteiger partial charge is 0.398 e. The van der Waals surface area contributed by atoms with Gasteiger partial charge in [-0.2, -0.15) is 0 Å². The third kappa shape index (κ3) is 2.62. The molecule has 1 aromatic heterocycles. The Hall–Kier alpha value is -1.98. The Kier molecular flexibility index (Phi) is 3.86. The maximum atomic E-state index is 13.6. The minimum Gasteiger partial charge on any atom is -0.398 e. The molecule has 0 fully saturated rings. The summed E-state index contributed by atoms with van der Waals surface area (Å²) < 4.78 is 13.6. The van der Waals surface area contributed by atoms with Crippen LogP contribution in [0.2, 0.25) is 0 Å². The number of rotatable bonds is 3. The maximum Gasteiger partial charge on any atom is 0.123 e. The van der Waals surface area contributed by atoms with Crippen molar-refractivity contribution in [2.24, 2.45) is 5.84 Å². The van der Waals surface area contributed by atoms with Gasteiger partial charge in [0.05, 0.1) is 6.04 Å². The van der Waals surface area contributed by atoms with Crippen LogP contribution >= 0.6 is 0 Å². The molecule has 0 amide bonds. The molecule has 1 aromatic carbocycles. The van der Waals surface area contributed by atoms with Crippen molar-refractivity contribution in [1.29, 1.82) is 0 Å². The molecule has 0 spiro atoms. The lowest BCUT2D eigenvalue weighted by atomic mass is 9.79. The number of pyridine rings is 1. The number of nitrogens with one attached hydrogen (secondary N) is 1. The van der Waals surface area contributed by atoms with E-state index in [1.807, 2.05) is 6.07 Å². The van der Waals surface area contributed by atoms with Gasteiger partial charge in [0.25, 0.3) is 0 Å². The molecule has 0 radical (unpaired) electrons. The summed E-state index contributed by atoms with van der Waals surface area (Å²) in [5.74, 6) is 5.55. The van der Waals surface area contributed by atoms with Crippen LogP contribution in [0, 0.1) is 5.82 Å². The zero-order valence-corrected chi connectivity index (χ0v) is 11.7. The molecule has 2 unspecified atom stereocenters. The van der Waals surface area contributed by atoms with Crippen molar-refractivity contribution in [3.63, 3.8) is 0 Å². The Morgan fingerprint density at radius 2 is 2.19 bits per heavy atom. The zero-order valence-electron chi connectivity index (χ0n) is 11.7. The molecule has 1 aliphatic rings. The van der Waals surface area contributed by atoms with Gasteiger partial charge < -0.3 is 5.73 Å². The molecule has 1 aliphatic carbocycles. The molecule has 21 heavy (non-hydrogen) atoms. The molecular formula is C16H19FN4. The summed E-state index contributed by atoms with van der Waals surface area (Å²) in [5.41, 5.74) is 12.3. The number of halogens is 1. The van der Waals surface area contributed by atoms with Gasteiger partial charge in [-0.15, -0.1) is 0 Å². The van der Waals surface area contributed by atoms with Gasteiger partial charge in [-0.3, -0.25) is 16.3 Å². The van der Waals surface area contributed by atoms with E-state index in [0.717, 1.165) is 25.0 Å². The highest BCUT2D eigenvalue weighted by Gasteiger charge is 2.30. The Bertz CT molecular complexity index is 644. The van der Waals surface area contributed by atoms with Crippen LogP contribution in [0.4, 0.5) is 10.1 Å². The van der Waals surface area contributed by atoms with Crippen LogP contribution in [-0.4, -0.2) is 4.98 Å². The van der Waals surface area contributed by atoms with Crippen molar-refractivity contribution in [3.8, 4) is 0 Å². The molecule has 5 heteroatoms. The predicted octanol–water partition coefficient (Wildman–Crippen LogP) is 2.43. The minimum atomic E-state index is -0.309. The number of fused-ring (bicyclic) bond motifs is 1. The number of aryl methyl sites for hydroxylation is 1. The first-order chi connectivity index (χ1) is 10.2. The highest BCUT2D eigenvalue weighted by molar-refractivity contribution is 5.50. The van der Waals surface area contributed by atoms with Gasteiger partial charge in [-0.25, -0.2) is 4.39 Å². The molecule has 3 rings (SSSR count). The fraction of sp³-hybridized carbons (Fsp3) is 0.312. The van der Waals surface area contributed by atoms with E-state index in [9.17, 15) is 4.39 Å². The van der Waals surface area contributed by atoms with Crippen molar-refractivity contribution < 1.29 is 4.39 Å². The average molecular weight is 286 g/mol. The lowest BCUT2D eigenvalue weighted by Gasteiger charge is -2.31. The summed E-state index contributed by atoms with van der Waals surface area (Å²) >= 11 is 0. The first kappa shape index (κ1) is 14.0. The van der Waals surface area contributed by atoms with Gasteiger partial charge in [-0.1, -0.05) is 6.07 Å². The molecule has 4 nitrogen and oxygen atoms in total. The first-order valence-electron chi connectivity index (χ1n) is 7.15. The van der Waals surface area contributed by atoms with Crippen molar-refractivity contribution in [2.75, 3.05) is 5.73 Å². The van der Waals surface area contributed by atoms with E-state index in [-0.39, 0.29) is 17.8 Å². The molecule has 1 heterocycles. The van der Waals surface area contributed by atoms with E-state index in [1.54, 1.807) is 12.3 Å². The monoisotopic (exact) mass is 286 g/mol. The highest BCUT2D eigenvalue weighted by atomic mass is 19.1. The predicted molar refractivity (Wildman–Crippen MR) is 80.8 cm³/mol. The number of nitrogens with two attached hydrogens (primary N) is 2. The quantitative estimate of drug-likeness (QED) is 0.460. The van der Waals surface area contributed by atoms with Crippen molar-refractivity contribution in [2.45, 2.75) is 31.2 Å². The first-order valence-corrected chi connectivity index (χ1v) is 7.15. The fourth-order valence-corrected chi connectivity index (χ4v) is 3.21. The Morgan fingerprint density at radius 1 is 1.33 bits per heavy atom. The Labute approximate surface area is 123 Å². The summed E-state index contributed by atoms with van der Waals surface area (Å²) in [6.07, 6.45) is 4.83. The fourth-order valence-electron chi connectivity index (χ4n) is 3.21.